The molecule has 20 heavy (non-hydrogen) atoms. The largest absolute Gasteiger partial charge is 0.478 e. The first-order valence-electron chi connectivity index (χ1n) is 7.28. The second-order valence-electron chi connectivity index (χ2n) is 5.97. The van der Waals surface area contributed by atoms with Gasteiger partial charge in [-0.25, -0.2) is 4.79 Å². The van der Waals surface area contributed by atoms with Gasteiger partial charge in [-0.1, -0.05) is 38.1 Å². The van der Waals surface area contributed by atoms with Crippen molar-refractivity contribution in [2.75, 3.05) is 6.54 Å². The Morgan fingerprint density at radius 3 is 2.80 bits per heavy atom. The number of carboxylic acid groups (broad SMARTS) is 1. The van der Waals surface area contributed by atoms with Gasteiger partial charge in [-0.3, -0.25) is 4.90 Å². The second kappa shape index (κ2) is 6.71. The maximum absolute atomic E-state index is 10.6. The van der Waals surface area contributed by atoms with Crippen LogP contribution in [0.2, 0.25) is 0 Å². The number of hydrogen-bond donors (Lipinski definition) is 1. The Balaban J connectivity index is 2.04. The molecule has 0 radical (unpaired) electrons. The summed E-state index contributed by atoms with van der Waals surface area (Å²) in [5.41, 5.74) is 2.20. The lowest BCUT2D eigenvalue weighted by atomic mass is 10.1. The zero-order chi connectivity index (χ0) is 14.5. The highest BCUT2D eigenvalue weighted by molar-refractivity contribution is 5.85. The van der Waals surface area contributed by atoms with Crippen LogP contribution in [-0.4, -0.2) is 28.6 Å². The van der Waals surface area contributed by atoms with Crippen molar-refractivity contribution in [3.05, 3.63) is 41.5 Å². The summed E-state index contributed by atoms with van der Waals surface area (Å²) >= 11 is 0. The van der Waals surface area contributed by atoms with Gasteiger partial charge in [-0.05, 0) is 36.0 Å². The fraction of sp³-hybridized carbons (Fsp3) is 0.471. The van der Waals surface area contributed by atoms with Crippen LogP contribution < -0.4 is 0 Å². The number of hydrogen-bond acceptors (Lipinski definition) is 2. The van der Waals surface area contributed by atoms with Crippen LogP contribution in [0.15, 0.2) is 30.3 Å². The molecule has 0 saturated heterocycles. The number of carbonyl (C=O) groups is 1. The Morgan fingerprint density at radius 1 is 1.45 bits per heavy atom. The van der Waals surface area contributed by atoms with Crippen LogP contribution in [0, 0.1) is 5.92 Å². The van der Waals surface area contributed by atoms with Gasteiger partial charge >= 0.3 is 5.97 Å². The zero-order valence-electron chi connectivity index (χ0n) is 12.2. The van der Waals surface area contributed by atoms with Gasteiger partial charge in [0.2, 0.25) is 0 Å². The maximum Gasteiger partial charge on any atom is 0.328 e. The van der Waals surface area contributed by atoms with Crippen LogP contribution in [0.5, 0.6) is 0 Å². The predicted molar refractivity (Wildman–Crippen MR) is 81.4 cm³/mol. The minimum atomic E-state index is -0.908. The maximum atomic E-state index is 10.6. The number of rotatable bonds is 7. The minimum Gasteiger partial charge on any atom is -0.478 e. The number of aliphatic carboxylic acids is 1. The molecule has 0 unspecified atom stereocenters. The van der Waals surface area contributed by atoms with E-state index in [0.717, 1.165) is 24.7 Å². The molecule has 108 valence electrons. The van der Waals surface area contributed by atoms with E-state index in [4.69, 9.17) is 5.11 Å². The molecule has 0 aromatic heterocycles. The van der Waals surface area contributed by atoms with Crippen LogP contribution in [0.4, 0.5) is 0 Å². The molecular formula is C17H23NO2. The summed E-state index contributed by atoms with van der Waals surface area (Å²) in [5.74, 6) is -0.236. The van der Waals surface area contributed by atoms with E-state index in [-0.39, 0.29) is 0 Å². The number of carboxylic acids is 1. The Hall–Kier alpha value is -1.61. The lowest BCUT2D eigenvalue weighted by molar-refractivity contribution is -0.131. The second-order valence-corrected chi connectivity index (χ2v) is 5.97. The first kappa shape index (κ1) is 14.8. The van der Waals surface area contributed by atoms with Crippen LogP contribution in [-0.2, 0) is 11.3 Å². The van der Waals surface area contributed by atoms with Gasteiger partial charge in [0.05, 0.1) is 0 Å². The summed E-state index contributed by atoms with van der Waals surface area (Å²) in [6.07, 6.45) is 5.46. The Kier molecular flexibility index (Phi) is 4.96. The van der Waals surface area contributed by atoms with Gasteiger partial charge in [0.15, 0.2) is 0 Å². The third-order valence-electron chi connectivity index (χ3n) is 3.42. The highest BCUT2D eigenvalue weighted by Crippen LogP contribution is 2.29. The molecule has 2 rings (SSSR count). The van der Waals surface area contributed by atoms with Gasteiger partial charge in [0, 0.05) is 25.2 Å². The van der Waals surface area contributed by atoms with E-state index in [1.807, 2.05) is 12.1 Å². The van der Waals surface area contributed by atoms with Crippen LogP contribution in [0.25, 0.3) is 6.08 Å². The summed E-state index contributed by atoms with van der Waals surface area (Å²) in [4.78, 5) is 13.1. The molecule has 1 aliphatic rings. The average Bonchev–Trinajstić information content (AvgIpc) is 3.20. The van der Waals surface area contributed by atoms with E-state index in [9.17, 15) is 4.79 Å². The Morgan fingerprint density at radius 2 is 2.20 bits per heavy atom. The van der Waals surface area contributed by atoms with Crippen molar-refractivity contribution >= 4 is 12.0 Å². The van der Waals surface area contributed by atoms with Crippen molar-refractivity contribution < 1.29 is 9.90 Å². The summed E-state index contributed by atoms with van der Waals surface area (Å²) < 4.78 is 0. The first-order valence-corrected chi connectivity index (χ1v) is 7.28. The summed E-state index contributed by atoms with van der Waals surface area (Å²) in [7, 11) is 0. The normalized spacial score (nSPS) is 15.4. The minimum absolute atomic E-state index is 0.672. The lowest BCUT2D eigenvalue weighted by Gasteiger charge is -2.24. The van der Waals surface area contributed by atoms with Crippen LogP contribution in [0.1, 0.15) is 37.8 Å². The van der Waals surface area contributed by atoms with Gasteiger partial charge in [-0.15, -0.1) is 0 Å². The van der Waals surface area contributed by atoms with Crippen molar-refractivity contribution in [1.29, 1.82) is 0 Å². The number of benzene rings is 1. The molecule has 1 aliphatic carbocycles. The smallest absolute Gasteiger partial charge is 0.328 e. The van der Waals surface area contributed by atoms with E-state index in [1.165, 1.54) is 24.5 Å². The first-order chi connectivity index (χ1) is 9.54. The van der Waals surface area contributed by atoms with E-state index < -0.39 is 5.97 Å². The Bertz CT molecular complexity index is 490. The van der Waals surface area contributed by atoms with Gasteiger partial charge in [-0.2, -0.15) is 0 Å². The van der Waals surface area contributed by atoms with Crippen LogP contribution >= 0.6 is 0 Å². The van der Waals surface area contributed by atoms with Gasteiger partial charge in [0.25, 0.3) is 0 Å². The fourth-order valence-corrected chi connectivity index (χ4v) is 2.45. The monoisotopic (exact) mass is 273 g/mol. The molecule has 0 bridgehead atoms. The topological polar surface area (TPSA) is 40.5 Å². The quantitative estimate of drug-likeness (QED) is 0.774. The summed E-state index contributed by atoms with van der Waals surface area (Å²) in [6, 6.07) is 8.88. The molecular weight excluding hydrogens is 250 g/mol. The van der Waals surface area contributed by atoms with E-state index in [1.54, 1.807) is 6.08 Å². The molecule has 3 nitrogen and oxygen atoms in total. The van der Waals surface area contributed by atoms with Crippen molar-refractivity contribution in [1.82, 2.24) is 4.90 Å². The molecule has 1 aromatic rings. The molecule has 0 aliphatic heterocycles. The molecule has 3 heteroatoms. The van der Waals surface area contributed by atoms with Gasteiger partial charge < -0.3 is 5.11 Å². The highest BCUT2D eigenvalue weighted by Gasteiger charge is 2.29. The molecule has 0 heterocycles. The molecule has 1 saturated carbocycles. The predicted octanol–water partition coefficient (Wildman–Crippen LogP) is 3.40. The molecule has 1 fully saturated rings. The zero-order valence-corrected chi connectivity index (χ0v) is 12.2. The SMILES string of the molecule is CC(C)CN(Cc1cccc(C=CC(=O)O)c1)C1CC1. The summed E-state index contributed by atoms with van der Waals surface area (Å²) in [6.45, 7) is 6.58. The molecule has 0 amide bonds. The highest BCUT2D eigenvalue weighted by atomic mass is 16.4. The van der Waals surface area contributed by atoms with Crippen LogP contribution in [0.3, 0.4) is 0 Å². The molecule has 1 N–H and O–H groups in total. The summed E-state index contributed by atoms with van der Waals surface area (Å²) in [5, 5.41) is 8.67. The fourth-order valence-electron chi connectivity index (χ4n) is 2.45. The third kappa shape index (κ3) is 4.82. The van der Waals surface area contributed by atoms with Crippen molar-refractivity contribution in [3.63, 3.8) is 0 Å². The molecule has 1 aromatic carbocycles. The molecule has 0 spiro atoms. The van der Waals surface area contributed by atoms with Crippen molar-refractivity contribution in [2.45, 2.75) is 39.3 Å². The Labute approximate surface area is 120 Å². The lowest BCUT2D eigenvalue weighted by Crippen LogP contribution is -2.29. The third-order valence-corrected chi connectivity index (χ3v) is 3.42. The standard InChI is InChI=1S/C17H23NO2/c1-13(2)11-18(16-7-8-16)12-15-5-3-4-14(10-15)6-9-17(19)20/h3-6,9-10,13,16H,7-8,11-12H2,1-2H3,(H,19,20). The van der Waals surface area contributed by atoms with Crippen molar-refractivity contribution in [3.8, 4) is 0 Å². The van der Waals surface area contributed by atoms with Gasteiger partial charge in [0.1, 0.15) is 0 Å². The number of nitrogens with zero attached hydrogens (tertiary/aromatic N) is 1. The van der Waals surface area contributed by atoms with Crippen molar-refractivity contribution in [2.24, 2.45) is 5.92 Å². The van der Waals surface area contributed by atoms with E-state index in [2.05, 4.69) is 30.9 Å². The average molecular weight is 273 g/mol. The molecule has 0 atom stereocenters. The van der Waals surface area contributed by atoms with E-state index >= 15 is 0 Å². The van der Waals surface area contributed by atoms with E-state index in [0.29, 0.717) is 5.92 Å².